The predicted octanol–water partition coefficient (Wildman–Crippen LogP) is 1.95. The van der Waals surface area contributed by atoms with E-state index in [1.807, 2.05) is 0 Å². The Balaban J connectivity index is 2.70. The van der Waals surface area contributed by atoms with Gasteiger partial charge in [-0.15, -0.1) is 0 Å². The van der Waals surface area contributed by atoms with Crippen molar-refractivity contribution in [2.45, 2.75) is 0 Å². The summed E-state index contributed by atoms with van der Waals surface area (Å²) < 4.78 is 25.6. The van der Waals surface area contributed by atoms with Crippen LogP contribution in [0, 0.1) is 0 Å². The van der Waals surface area contributed by atoms with E-state index in [1.54, 1.807) is 0 Å². The maximum Gasteiger partial charge on any atom is 0.337 e. The molecule has 1 aromatic rings. The summed E-state index contributed by atoms with van der Waals surface area (Å²) in [5, 5.41) is 0. The molecule has 0 spiro atoms. The van der Waals surface area contributed by atoms with Crippen LogP contribution in [0.15, 0.2) is 23.0 Å². The summed E-state index contributed by atoms with van der Waals surface area (Å²) in [6, 6.07) is 1.50. The second kappa shape index (κ2) is 4.55. The molecule has 0 aromatic carbocycles. The first-order valence-corrected chi connectivity index (χ1v) is 5.60. The fraction of sp³-hybridized carbons (Fsp3) is 0.375. The maximum atomic E-state index is 11.6. The Kier molecular flexibility index (Phi) is 3.63. The Hall–Kier alpha value is -0.900. The van der Waals surface area contributed by atoms with E-state index in [4.69, 9.17) is 4.42 Å². The van der Waals surface area contributed by atoms with Crippen molar-refractivity contribution in [1.82, 2.24) is 0 Å². The third kappa shape index (κ3) is 2.54. The fourth-order valence-corrected chi connectivity index (χ4v) is 1.84. The van der Waals surface area contributed by atoms with E-state index in [1.165, 1.54) is 32.8 Å². The lowest BCUT2D eigenvalue weighted by Gasteiger charge is -2.11. The number of Topliss-reactive ketones (excluding diaryl/α,β-unsaturated/α-hetero) is 1. The van der Waals surface area contributed by atoms with Crippen molar-refractivity contribution in [3.05, 3.63) is 24.2 Å². The molecule has 0 fully saturated rings. The Labute approximate surface area is 81.5 Å². The van der Waals surface area contributed by atoms with Crippen LogP contribution in [0.25, 0.3) is 0 Å². The molecule has 0 amide bonds. The van der Waals surface area contributed by atoms with E-state index in [0.29, 0.717) is 5.56 Å². The van der Waals surface area contributed by atoms with Crippen molar-refractivity contribution < 1.29 is 22.8 Å². The molecule has 5 nitrogen and oxygen atoms in total. The highest BCUT2D eigenvalue weighted by Gasteiger charge is 2.26. The van der Waals surface area contributed by atoms with E-state index in [0.717, 1.165) is 0 Å². The maximum absolute atomic E-state index is 11.6. The third-order valence-corrected chi connectivity index (χ3v) is 3.52. The van der Waals surface area contributed by atoms with E-state index < -0.39 is 7.60 Å². The van der Waals surface area contributed by atoms with Crippen molar-refractivity contribution in [1.29, 1.82) is 0 Å². The zero-order chi connectivity index (χ0) is 10.6. The lowest BCUT2D eigenvalue weighted by atomic mass is 10.2. The van der Waals surface area contributed by atoms with Crippen molar-refractivity contribution in [2.75, 3.05) is 20.4 Å². The van der Waals surface area contributed by atoms with Crippen molar-refractivity contribution in [3.8, 4) is 0 Å². The standard InChI is InChI=1S/C8H11O5P/c1-11-14(10,12-2)6-8(9)7-3-4-13-5-7/h3-5H,6H2,1-2H3. The van der Waals surface area contributed by atoms with Crippen LogP contribution < -0.4 is 0 Å². The number of carbonyl (C=O) groups is 1. The molecule has 1 aromatic heterocycles. The Bertz CT molecular complexity index is 335. The van der Waals surface area contributed by atoms with Gasteiger partial charge in [0.15, 0.2) is 5.78 Å². The average Bonchev–Trinajstić information content (AvgIpc) is 2.70. The normalized spacial score (nSPS) is 11.6. The molecule has 0 N–H and O–H groups in total. The van der Waals surface area contributed by atoms with Gasteiger partial charge in [0.1, 0.15) is 12.4 Å². The summed E-state index contributed by atoms with van der Waals surface area (Å²) in [4.78, 5) is 11.4. The van der Waals surface area contributed by atoms with E-state index in [9.17, 15) is 9.36 Å². The number of ketones is 1. The first kappa shape index (κ1) is 11.2. The zero-order valence-electron chi connectivity index (χ0n) is 7.93. The fourth-order valence-electron chi connectivity index (χ4n) is 0.894. The van der Waals surface area contributed by atoms with Crippen LogP contribution in [0.1, 0.15) is 10.4 Å². The molecule has 0 unspecified atom stereocenters. The SMILES string of the molecule is COP(=O)(CC(=O)c1ccoc1)OC. The minimum Gasteiger partial charge on any atom is -0.472 e. The van der Waals surface area contributed by atoms with Crippen LogP contribution in [-0.4, -0.2) is 26.2 Å². The number of furan rings is 1. The largest absolute Gasteiger partial charge is 0.472 e. The molecular formula is C8H11O5P. The molecule has 0 saturated carbocycles. The van der Waals surface area contributed by atoms with Gasteiger partial charge >= 0.3 is 7.60 Å². The van der Waals surface area contributed by atoms with E-state index in [-0.39, 0.29) is 11.9 Å². The molecule has 0 radical (unpaired) electrons. The van der Waals surface area contributed by atoms with Crippen molar-refractivity contribution in [2.24, 2.45) is 0 Å². The van der Waals surface area contributed by atoms with Gasteiger partial charge in [-0.2, -0.15) is 0 Å². The van der Waals surface area contributed by atoms with Gasteiger partial charge in [0, 0.05) is 14.2 Å². The summed E-state index contributed by atoms with van der Waals surface area (Å²) in [6.07, 6.45) is 2.38. The van der Waals surface area contributed by atoms with Gasteiger partial charge in [-0.1, -0.05) is 0 Å². The summed E-state index contributed by atoms with van der Waals surface area (Å²) in [6.45, 7) is 0. The molecule has 1 heterocycles. The number of carbonyl (C=O) groups excluding carboxylic acids is 1. The lowest BCUT2D eigenvalue weighted by molar-refractivity contribution is 0.101. The molecule has 0 saturated heterocycles. The van der Waals surface area contributed by atoms with Gasteiger partial charge in [-0.25, -0.2) is 0 Å². The highest BCUT2D eigenvalue weighted by Crippen LogP contribution is 2.46. The first-order valence-electron chi connectivity index (χ1n) is 3.87. The van der Waals surface area contributed by atoms with Gasteiger partial charge < -0.3 is 13.5 Å². The minimum absolute atomic E-state index is 0.278. The average molecular weight is 218 g/mol. The van der Waals surface area contributed by atoms with Crippen LogP contribution in [0.3, 0.4) is 0 Å². The smallest absolute Gasteiger partial charge is 0.337 e. The van der Waals surface area contributed by atoms with Crippen molar-refractivity contribution >= 4 is 13.4 Å². The first-order chi connectivity index (χ1) is 6.61. The highest BCUT2D eigenvalue weighted by atomic mass is 31.2. The summed E-state index contributed by atoms with van der Waals surface area (Å²) in [5.41, 5.74) is 0.360. The second-order valence-corrected chi connectivity index (χ2v) is 4.84. The van der Waals surface area contributed by atoms with Crippen LogP contribution in [0.5, 0.6) is 0 Å². The minimum atomic E-state index is -3.27. The molecule has 0 atom stereocenters. The van der Waals surface area contributed by atoms with Crippen LogP contribution in [0.4, 0.5) is 0 Å². The quantitative estimate of drug-likeness (QED) is 0.558. The van der Waals surface area contributed by atoms with Gasteiger partial charge in [-0.3, -0.25) is 9.36 Å². The molecule has 78 valence electrons. The van der Waals surface area contributed by atoms with Crippen LogP contribution in [-0.2, 0) is 13.6 Å². The number of hydrogen-bond acceptors (Lipinski definition) is 5. The van der Waals surface area contributed by atoms with Gasteiger partial charge in [0.05, 0.1) is 11.8 Å². The molecule has 0 aliphatic carbocycles. The van der Waals surface area contributed by atoms with Gasteiger partial charge in [-0.05, 0) is 6.07 Å². The van der Waals surface area contributed by atoms with Crippen LogP contribution in [0.2, 0.25) is 0 Å². The van der Waals surface area contributed by atoms with Crippen molar-refractivity contribution in [3.63, 3.8) is 0 Å². The Morgan fingerprint density at radius 1 is 1.50 bits per heavy atom. The van der Waals surface area contributed by atoms with Gasteiger partial charge in [0.25, 0.3) is 0 Å². The Morgan fingerprint density at radius 2 is 2.14 bits per heavy atom. The second-order valence-electron chi connectivity index (χ2n) is 2.57. The molecule has 6 heteroatoms. The zero-order valence-corrected chi connectivity index (χ0v) is 8.82. The Morgan fingerprint density at radius 3 is 2.57 bits per heavy atom. The number of rotatable bonds is 5. The molecular weight excluding hydrogens is 207 g/mol. The van der Waals surface area contributed by atoms with E-state index >= 15 is 0 Å². The predicted molar refractivity (Wildman–Crippen MR) is 49.5 cm³/mol. The molecule has 0 aliphatic heterocycles. The van der Waals surface area contributed by atoms with Gasteiger partial charge in [0.2, 0.25) is 0 Å². The van der Waals surface area contributed by atoms with E-state index in [2.05, 4.69) is 9.05 Å². The number of hydrogen-bond donors (Lipinski definition) is 0. The summed E-state index contributed by atoms with van der Waals surface area (Å²) >= 11 is 0. The lowest BCUT2D eigenvalue weighted by Crippen LogP contribution is -2.07. The topological polar surface area (TPSA) is 65.7 Å². The third-order valence-electron chi connectivity index (χ3n) is 1.74. The molecule has 1 rings (SSSR count). The molecule has 0 aliphatic rings. The van der Waals surface area contributed by atoms with Crippen LogP contribution >= 0.6 is 7.60 Å². The monoisotopic (exact) mass is 218 g/mol. The molecule has 0 bridgehead atoms. The summed E-state index contributed by atoms with van der Waals surface area (Å²) in [5.74, 6) is -0.328. The highest BCUT2D eigenvalue weighted by molar-refractivity contribution is 7.54. The molecule has 14 heavy (non-hydrogen) atoms. The summed E-state index contributed by atoms with van der Waals surface area (Å²) in [7, 11) is -0.784.